The average Bonchev–Trinajstić information content (AvgIpc) is 2.82. The van der Waals surface area contributed by atoms with E-state index in [0.717, 1.165) is 29.4 Å². The topological polar surface area (TPSA) is 102 Å². The Balaban J connectivity index is 2.58. The Bertz CT molecular complexity index is 1400. The second kappa shape index (κ2) is 10.4. The first kappa shape index (κ1) is 28.5. The fraction of sp³-hybridized carbons (Fsp3) is 0.367. The normalized spacial score (nSPS) is 15.6. The third-order valence-corrected chi connectivity index (χ3v) is 6.73. The molecule has 0 N–H and O–H groups in total. The lowest BCUT2D eigenvalue weighted by Gasteiger charge is -2.37. The maximum Gasteiger partial charge on any atom is 0.342 e. The summed E-state index contributed by atoms with van der Waals surface area (Å²) in [7, 11) is 2.36. The number of ether oxygens (including phenoxy) is 2. The Morgan fingerprint density at radius 2 is 1.16 bits per heavy atom. The van der Waals surface area contributed by atoms with Crippen molar-refractivity contribution in [2.24, 2.45) is 10.4 Å². The van der Waals surface area contributed by atoms with E-state index >= 15 is 0 Å². The smallest absolute Gasteiger partial charge is 0.342 e. The van der Waals surface area contributed by atoms with E-state index in [1.54, 1.807) is 13.8 Å². The number of amidine groups is 1. The maximum atomic E-state index is 14.0. The summed E-state index contributed by atoms with van der Waals surface area (Å²) in [5, 5.41) is 0. The molecule has 0 saturated heterocycles. The van der Waals surface area contributed by atoms with Gasteiger partial charge in [0.05, 0.1) is 25.5 Å². The molecule has 0 atom stereocenters. The monoisotopic (exact) mass is 518 g/mol. The summed E-state index contributed by atoms with van der Waals surface area (Å²) >= 11 is 0. The van der Waals surface area contributed by atoms with Gasteiger partial charge in [-0.3, -0.25) is 14.5 Å². The van der Waals surface area contributed by atoms with Gasteiger partial charge in [0.2, 0.25) is 5.91 Å². The molecule has 8 heteroatoms. The van der Waals surface area contributed by atoms with Crippen LogP contribution < -0.4 is 4.90 Å². The highest BCUT2D eigenvalue weighted by Crippen LogP contribution is 2.38. The fourth-order valence-corrected chi connectivity index (χ4v) is 5.07. The second-order valence-electron chi connectivity index (χ2n) is 10.3. The molecule has 8 nitrogen and oxygen atoms in total. The minimum atomic E-state index is -1.50. The molecule has 1 aliphatic heterocycles. The van der Waals surface area contributed by atoms with Gasteiger partial charge in [-0.1, -0.05) is 35.4 Å². The molecule has 200 valence electrons. The van der Waals surface area contributed by atoms with Crippen LogP contribution in [0.5, 0.6) is 0 Å². The van der Waals surface area contributed by atoms with Crippen LogP contribution in [0.3, 0.4) is 0 Å². The quantitative estimate of drug-likeness (QED) is 0.325. The molecular formula is C30H34N2O6. The Morgan fingerprint density at radius 1 is 0.737 bits per heavy atom. The van der Waals surface area contributed by atoms with Crippen LogP contribution in [0.4, 0.5) is 5.69 Å². The van der Waals surface area contributed by atoms with E-state index in [2.05, 4.69) is 4.99 Å². The first-order valence-electron chi connectivity index (χ1n) is 12.2. The summed E-state index contributed by atoms with van der Waals surface area (Å²) in [5.41, 5.74) is 3.76. The van der Waals surface area contributed by atoms with Crippen LogP contribution in [0.15, 0.2) is 34.8 Å². The minimum absolute atomic E-state index is 0.138. The first-order valence-corrected chi connectivity index (χ1v) is 12.2. The zero-order chi connectivity index (χ0) is 28.7. The van der Waals surface area contributed by atoms with Crippen molar-refractivity contribution < 1.29 is 28.7 Å². The molecule has 0 radical (unpaired) electrons. The van der Waals surface area contributed by atoms with Crippen LogP contribution >= 0.6 is 0 Å². The van der Waals surface area contributed by atoms with Crippen molar-refractivity contribution >= 4 is 40.8 Å². The third kappa shape index (κ3) is 4.78. The van der Waals surface area contributed by atoms with E-state index in [1.807, 2.05) is 52.0 Å². The number of aryl methyl sites for hydroxylation is 6. The van der Waals surface area contributed by atoms with Crippen LogP contribution in [0, 0.1) is 47.0 Å². The predicted octanol–water partition coefficient (Wildman–Crippen LogP) is 4.63. The van der Waals surface area contributed by atoms with E-state index in [-0.39, 0.29) is 17.0 Å². The summed E-state index contributed by atoms with van der Waals surface area (Å²) in [6, 6.07) is 7.53. The summed E-state index contributed by atoms with van der Waals surface area (Å²) in [6.45, 7) is 14.1. The zero-order valence-corrected chi connectivity index (χ0v) is 23.7. The average molecular weight is 519 g/mol. The number of hydrogen-bond acceptors (Lipinski definition) is 6. The maximum absolute atomic E-state index is 14.0. The van der Waals surface area contributed by atoms with Gasteiger partial charge in [-0.15, -0.1) is 0 Å². The molecule has 2 aromatic carbocycles. The zero-order valence-electron chi connectivity index (χ0n) is 23.7. The van der Waals surface area contributed by atoms with E-state index in [9.17, 15) is 19.2 Å². The van der Waals surface area contributed by atoms with E-state index < -0.39 is 29.2 Å². The van der Waals surface area contributed by atoms with Gasteiger partial charge in [0, 0.05) is 0 Å². The number of anilines is 1. The van der Waals surface area contributed by atoms with E-state index in [1.165, 1.54) is 25.9 Å². The lowest BCUT2D eigenvalue weighted by molar-refractivity contribution is -0.138. The number of carbonyl (C=O) groups excluding carboxylic acids is 4. The number of methoxy groups -OCH3 is 2. The van der Waals surface area contributed by atoms with Crippen molar-refractivity contribution in [1.29, 1.82) is 0 Å². The van der Waals surface area contributed by atoms with Gasteiger partial charge in [0.25, 0.3) is 5.91 Å². The van der Waals surface area contributed by atoms with Crippen molar-refractivity contribution in [3.05, 3.63) is 68.8 Å². The predicted molar refractivity (Wildman–Crippen MR) is 146 cm³/mol. The SMILES string of the molecule is COC(=O)/C(C1=NC(=O)C(C)(C)C(=O)N1c1c(C)cc(C)cc1C)=C(\C(=O)OC)c1c(C)cc(C)cc1C. The summed E-state index contributed by atoms with van der Waals surface area (Å²) in [4.78, 5) is 59.6. The van der Waals surface area contributed by atoms with Crippen LogP contribution in [0.2, 0.25) is 0 Å². The van der Waals surface area contributed by atoms with Crippen molar-refractivity contribution in [3.63, 3.8) is 0 Å². The third-order valence-electron chi connectivity index (χ3n) is 6.73. The number of aliphatic imine (C=N–C) groups is 1. The number of carbonyl (C=O) groups is 4. The van der Waals surface area contributed by atoms with Gasteiger partial charge in [-0.2, -0.15) is 4.99 Å². The molecular weight excluding hydrogens is 484 g/mol. The first-order chi connectivity index (χ1) is 17.7. The highest BCUT2D eigenvalue weighted by Gasteiger charge is 2.49. The highest BCUT2D eigenvalue weighted by atomic mass is 16.5. The Morgan fingerprint density at radius 3 is 1.61 bits per heavy atom. The molecule has 0 aliphatic carbocycles. The van der Waals surface area contributed by atoms with Crippen molar-refractivity contribution in [1.82, 2.24) is 0 Å². The minimum Gasteiger partial charge on any atom is -0.465 e. The molecule has 38 heavy (non-hydrogen) atoms. The Kier molecular flexibility index (Phi) is 7.77. The molecule has 0 spiro atoms. The van der Waals surface area contributed by atoms with Crippen LogP contribution in [0.25, 0.3) is 5.57 Å². The molecule has 0 aromatic heterocycles. The van der Waals surface area contributed by atoms with Crippen molar-refractivity contribution in [3.8, 4) is 0 Å². The van der Waals surface area contributed by atoms with Crippen molar-refractivity contribution in [2.45, 2.75) is 55.4 Å². The van der Waals surface area contributed by atoms with Gasteiger partial charge in [-0.05, 0) is 83.2 Å². The molecule has 1 aliphatic rings. The Hall–Kier alpha value is -4.07. The van der Waals surface area contributed by atoms with Gasteiger partial charge >= 0.3 is 11.9 Å². The van der Waals surface area contributed by atoms with Crippen LogP contribution in [-0.2, 0) is 28.7 Å². The number of benzene rings is 2. The van der Waals surface area contributed by atoms with Gasteiger partial charge < -0.3 is 9.47 Å². The fourth-order valence-electron chi connectivity index (χ4n) is 5.07. The number of hydrogen-bond donors (Lipinski definition) is 0. The number of esters is 2. The molecule has 0 bridgehead atoms. The molecule has 0 fully saturated rings. The Labute approximate surface area is 223 Å². The van der Waals surface area contributed by atoms with Crippen LogP contribution in [0.1, 0.15) is 52.8 Å². The lowest BCUT2D eigenvalue weighted by atomic mass is 9.85. The largest absolute Gasteiger partial charge is 0.465 e. The van der Waals surface area contributed by atoms with Crippen molar-refractivity contribution in [2.75, 3.05) is 19.1 Å². The molecule has 1 heterocycles. The van der Waals surface area contributed by atoms with Crippen LogP contribution in [-0.4, -0.2) is 43.8 Å². The molecule has 2 aromatic rings. The summed E-state index contributed by atoms with van der Waals surface area (Å²) in [6.07, 6.45) is 0. The van der Waals surface area contributed by atoms with Gasteiger partial charge in [-0.25, -0.2) is 9.59 Å². The van der Waals surface area contributed by atoms with Gasteiger partial charge in [0.1, 0.15) is 11.0 Å². The van der Waals surface area contributed by atoms with E-state index in [0.29, 0.717) is 22.4 Å². The van der Waals surface area contributed by atoms with E-state index in [4.69, 9.17) is 9.47 Å². The lowest BCUT2D eigenvalue weighted by Crippen LogP contribution is -2.54. The molecule has 3 rings (SSSR count). The standard InChI is InChI=1S/C30H34N2O6/c1-15-11-17(3)21(18(4)12-15)22(26(33)37-9)23(27(34)38-10)25-31-28(35)30(7,8)29(36)32(25)24-19(5)13-16(2)14-20(24)6/h11-14H,1-10H3/b23-22-. The summed E-state index contributed by atoms with van der Waals surface area (Å²) in [5.74, 6) is -3.35. The molecule has 2 amide bonds. The second-order valence-corrected chi connectivity index (χ2v) is 10.3. The number of nitrogens with zero attached hydrogens (tertiary/aromatic N) is 2. The highest BCUT2D eigenvalue weighted by molar-refractivity contribution is 6.44. The number of rotatable bonds is 5. The molecule has 0 unspecified atom stereocenters. The van der Waals surface area contributed by atoms with Gasteiger partial charge in [0.15, 0.2) is 5.84 Å². The molecule has 0 saturated carbocycles. The summed E-state index contributed by atoms with van der Waals surface area (Å²) < 4.78 is 10.2. The number of amides is 2.